The molecule has 0 bridgehead atoms. The molecule has 2 unspecified atom stereocenters. The Kier molecular flexibility index (Phi) is 3.45. The van der Waals surface area contributed by atoms with E-state index in [1.807, 2.05) is 0 Å². The van der Waals surface area contributed by atoms with E-state index in [2.05, 4.69) is 85.8 Å². The average Bonchev–Trinajstić information content (AvgIpc) is 2.80. The number of allylic oxidation sites excluding steroid dienone is 7. The Morgan fingerprint density at radius 2 is 1.91 bits per heavy atom. The molecule has 23 heavy (non-hydrogen) atoms. The maximum Gasteiger partial charge on any atom is 0.137 e. The van der Waals surface area contributed by atoms with Crippen molar-refractivity contribution in [2.24, 2.45) is 5.92 Å². The molecule has 0 saturated heterocycles. The number of nitrogens with zero attached hydrogens (tertiary/aromatic N) is 1. The first kappa shape index (κ1) is 14.1. The van der Waals surface area contributed by atoms with E-state index >= 15 is 0 Å². The third-order valence-electron chi connectivity index (χ3n) is 4.74. The van der Waals surface area contributed by atoms with Crippen molar-refractivity contribution in [2.45, 2.75) is 12.3 Å². The molecular formula is C21H21NO. The SMILES string of the molecule is CN(C)c1ccc2c3c(oc2c1)C=CC=CC3C1C=CC=CC1. The lowest BCUT2D eigenvalue weighted by Gasteiger charge is -2.22. The van der Waals surface area contributed by atoms with Gasteiger partial charge in [-0.15, -0.1) is 0 Å². The van der Waals surface area contributed by atoms with Gasteiger partial charge in [-0.05, 0) is 30.5 Å². The van der Waals surface area contributed by atoms with Crippen LogP contribution in [0.3, 0.4) is 0 Å². The number of anilines is 1. The summed E-state index contributed by atoms with van der Waals surface area (Å²) >= 11 is 0. The van der Waals surface area contributed by atoms with Gasteiger partial charge in [0, 0.05) is 42.7 Å². The third-order valence-corrected chi connectivity index (χ3v) is 4.74. The van der Waals surface area contributed by atoms with Crippen molar-refractivity contribution < 1.29 is 4.42 Å². The molecule has 2 aliphatic carbocycles. The summed E-state index contributed by atoms with van der Waals surface area (Å²) in [7, 11) is 4.11. The predicted octanol–water partition coefficient (Wildman–Crippen LogP) is 5.30. The lowest BCUT2D eigenvalue weighted by Crippen LogP contribution is -2.10. The molecule has 2 heteroatoms. The van der Waals surface area contributed by atoms with Crippen molar-refractivity contribution in [1.82, 2.24) is 0 Å². The summed E-state index contributed by atoms with van der Waals surface area (Å²) in [6.07, 6.45) is 18.6. The van der Waals surface area contributed by atoms with Gasteiger partial charge >= 0.3 is 0 Å². The van der Waals surface area contributed by atoms with Gasteiger partial charge in [0.25, 0.3) is 0 Å². The van der Waals surface area contributed by atoms with Gasteiger partial charge < -0.3 is 9.32 Å². The Balaban J connectivity index is 1.87. The summed E-state index contributed by atoms with van der Waals surface area (Å²) in [5.74, 6) is 1.84. The van der Waals surface area contributed by atoms with Crippen LogP contribution in [0.15, 0.2) is 65.1 Å². The van der Waals surface area contributed by atoms with Crippen LogP contribution in [-0.2, 0) is 0 Å². The Morgan fingerprint density at radius 3 is 2.70 bits per heavy atom. The predicted molar refractivity (Wildman–Crippen MR) is 97.8 cm³/mol. The minimum absolute atomic E-state index is 0.354. The molecule has 0 aliphatic heterocycles. The van der Waals surface area contributed by atoms with Gasteiger partial charge in [-0.3, -0.25) is 0 Å². The normalized spacial score (nSPS) is 22.3. The fourth-order valence-electron chi connectivity index (χ4n) is 3.52. The summed E-state index contributed by atoms with van der Waals surface area (Å²) in [6, 6.07) is 6.51. The topological polar surface area (TPSA) is 16.4 Å². The second-order valence-corrected chi connectivity index (χ2v) is 6.44. The van der Waals surface area contributed by atoms with Crippen molar-refractivity contribution >= 4 is 22.7 Å². The summed E-state index contributed by atoms with van der Waals surface area (Å²) in [6.45, 7) is 0. The second kappa shape index (κ2) is 5.62. The van der Waals surface area contributed by atoms with Crippen LogP contribution in [0.4, 0.5) is 5.69 Å². The summed E-state index contributed by atoms with van der Waals surface area (Å²) < 4.78 is 6.19. The fraction of sp³-hybridized carbons (Fsp3) is 0.238. The molecule has 1 aromatic carbocycles. The number of fused-ring (bicyclic) bond motifs is 3. The number of rotatable bonds is 2. The highest BCUT2D eigenvalue weighted by Gasteiger charge is 2.26. The van der Waals surface area contributed by atoms with E-state index in [0.717, 1.165) is 23.5 Å². The van der Waals surface area contributed by atoms with E-state index in [4.69, 9.17) is 4.42 Å². The van der Waals surface area contributed by atoms with Crippen molar-refractivity contribution in [3.8, 4) is 0 Å². The van der Waals surface area contributed by atoms with Crippen LogP contribution < -0.4 is 4.90 Å². The number of hydrogen-bond acceptors (Lipinski definition) is 2. The first-order valence-corrected chi connectivity index (χ1v) is 8.16. The van der Waals surface area contributed by atoms with Gasteiger partial charge in [0.05, 0.1) is 0 Å². The van der Waals surface area contributed by atoms with Gasteiger partial charge in [-0.25, -0.2) is 0 Å². The Labute approximate surface area is 137 Å². The molecule has 1 aromatic heterocycles. The molecule has 0 amide bonds. The molecule has 2 aliphatic rings. The zero-order chi connectivity index (χ0) is 15.8. The highest BCUT2D eigenvalue weighted by atomic mass is 16.3. The minimum atomic E-state index is 0.354. The number of furan rings is 1. The minimum Gasteiger partial charge on any atom is -0.456 e. The summed E-state index contributed by atoms with van der Waals surface area (Å²) in [4.78, 5) is 2.11. The highest BCUT2D eigenvalue weighted by Crippen LogP contribution is 2.41. The van der Waals surface area contributed by atoms with Crippen molar-refractivity contribution in [3.05, 3.63) is 72.1 Å². The van der Waals surface area contributed by atoms with Crippen LogP contribution in [0.25, 0.3) is 17.0 Å². The van der Waals surface area contributed by atoms with E-state index < -0.39 is 0 Å². The molecule has 0 N–H and O–H groups in total. The third kappa shape index (κ3) is 2.44. The number of benzene rings is 1. The molecule has 2 nitrogen and oxygen atoms in total. The molecule has 0 fully saturated rings. The van der Waals surface area contributed by atoms with Crippen LogP contribution in [0.1, 0.15) is 23.7 Å². The van der Waals surface area contributed by atoms with Crippen LogP contribution in [-0.4, -0.2) is 14.1 Å². The average molecular weight is 303 g/mol. The van der Waals surface area contributed by atoms with Gasteiger partial charge in [0.15, 0.2) is 0 Å². The van der Waals surface area contributed by atoms with Crippen LogP contribution >= 0.6 is 0 Å². The lowest BCUT2D eigenvalue weighted by molar-refractivity contribution is 0.559. The van der Waals surface area contributed by atoms with Crippen LogP contribution in [0.2, 0.25) is 0 Å². The standard InChI is InChI=1S/C21H21NO/c1-22(2)16-12-13-18-20(14-16)23-19-11-7-6-10-17(21(18)19)15-8-4-3-5-9-15/h3-8,10-15,17H,9H2,1-2H3. The van der Waals surface area contributed by atoms with E-state index in [9.17, 15) is 0 Å². The molecule has 2 atom stereocenters. The second-order valence-electron chi connectivity index (χ2n) is 6.44. The Hall–Kier alpha value is -2.48. The zero-order valence-electron chi connectivity index (χ0n) is 13.6. The monoisotopic (exact) mass is 303 g/mol. The van der Waals surface area contributed by atoms with E-state index in [-0.39, 0.29) is 0 Å². The van der Waals surface area contributed by atoms with E-state index in [1.54, 1.807) is 0 Å². The molecule has 4 rings (SSSR count). The summed E-state index contributed by atoms with van der Waals surface area (Å²) in [5.41, 5.74) is 3.46. The van der Waals surface area contributed by atoms with Crippen LogP contribution in [0, 0.1) is 5.92 Å². The van der Waals surface area contributed by atoms with Gasteiger partial charge in [0.1, 0.15) is 11.3 Å². The Bertz CT molecular complexity index is 848. The quantitative estimate of drug-likeness (QED) is 0.748. The molecule has 2 aromatic rings. The first-order chi connectivity index (χ1) is 11.2. The smallest absolute Gasteiger partial charge is 0.137 e. The van der Waals surface area contributed by atoms with Crippen molar-refractivity contribution in [1.29, 1.82) is 0 Å². The van der Waals surface area contributed by atoms with E-state index in [1.165, 1.54) is 10.9 Å². The zero-order valence-corrected chi connectivity index (χ0v) is 13.6. The van der Waals surface area contributed by atoms with Crippen molar-refractivity contribution in [2.75, 3.05) is 19.0 Å². The van der Waals surface area contributed by atoms with Gasteiger partial charge in [-0.2, -0.15) is 0 Å². The summed E-state index contributed by atoms with van der Waals surface area (Å²) in [5, 5.41) is 1.23. The first-order valence-electron chi connectivity index (χ1n) is 8.16. The maximum absolute atomic E-state index is 6.19. The fourth-order valence-corrected chi connectivity index (χ4v) is 3.52. The molecule has 0 saturated carbocycles. The largest absolute Gasteiger partial charge is 0.456 e. The lowest BCUT2D eigenvalue weighted by atomic mass is 9.81. The van der Waals surface area contributed by atoms with Gasteiger partial charge in [0.2, 0.25) is 0 Å². The molecule has 0 spiro atoms. The Morgan fingerprint density at radius 1 is 1.04 bits per heavy atom. The molecule has 1 heterocycles. The van der Waals surface area contributed by atoms with E-state index in [0.29, 0.717) is 11.8 Å². The molecule has 116 valence electrons. The maximum atomic E-state index is 6.19. The number of hydrogen-bond donors (Lipinski definition) is 0. The highest BCUT2D eigenvalue weighted by molar-refractivity contribution is 5.88. The van der Waals surface area contributed by atoms with Crippen molar-refractivity contribution in [3.63, 3.8) is 0 Å². The van der Waals surface area contributed by atoms with Crippen LogP contribution in [0.5, 0.6) is 0 Å². The van der Waals surface area contributed by atoms with Gasteiger partial charge in [-0.1, -0.05) is 42.5 Å². The molecular weight excluding hydrogens is 282 g/mol. The molecule has 0 radical (unpaired) electrons.